The van der Waals surface area contributed by atoms with Gasteiger partial charge in [0.2, 0.25) is 0 Å². The summed E-state index contributed by atoms with van der Waals surface area (Å²) in [5.74, 6) is 2.08. The van der Waals surface area contributed by atoms with Crippen molar-refractivity contribution in [3.05, 3.63) is 224 Å². The molecule has 0 fully saturated rings. The molecule has 0 radical (unpaired) electrons. The number of rotatable bonds is 14. The van der Waals surface area contributed by atoms with E-state index < -0.39 is 5.41 Å². The summed E-state index contributed by atoms with van der Waals surface area (Å²) < 4.78 is 11.1. The largest absolute Gasteiger partial charge is 0.493 e. The molecule has 0 aliphatic rings. The normalized spacial score (nSPS) is 12.2. The molecule has 0 amide bonds. The second-order valence-corrected chi connectivity index (χ2v) is 20.4. The maximum Gasteiger partial charge on any atom is 0.253 e. The fraction of sp³-hybridized carbons (Fsp3) is 0.328. The number of nitrogens with zero attached hydrogens (tertiary/aromatic N) is 5. The molecule has 0 aliphatic heterocycles. The Balaban J connectivity index is 1.09. The monoisotopic (exact) mass is 849 g/mol. The van der Waals surface area contributed by atoms with Crippen LogP contribution in [0.4, 0.5) is 0 Å². The zero-order chi connectivity index (χ0) is 45.7. The first-order valence-electron chi connectivity index (χ1n) is 22.8. The summed E-state index contributed by atoms with van der Waals surface area (Å²) in [5, 5.41) is 3.66. The first-order valence-corrected chi connectivity index (χ1v) is 22.8. The highest BCUT2D eigenvalue weighted by molar-refractivity contribution is 5.64. The first kappa shape index (κ1) is 45.7. The van der Waals surface area contributed by atoms with Gasteiger partial charge in [-0.05, 0) is 95.1 Å². The Morgan fingerprint density at radius 1 is 0.531 bits per heavy atom. The van der Waals surface area contributed by atoms with Crippen LogP contribution in [0.25, 0.3) is 21.6 Å². The van der Waals surface area contributed by atoms with Gasteiger partial charge in [0.1, 0.15) is 24.7 Å². The van der Waals surface area contributed by atoms with Gasteiger partial charge in [0.15, 0.2) is 0 Å². The fourth-order valence-corrected chi connectivity index (χ4v) is 8.75. The highest BCUT2D eigenvalue weighted by Crippen LogP contribution is 2.47. The number of ether oxygens (including phenoxy) is 1. The van der Waals surface area contributed by atoms with Crippen LogP contribution in [0.5, 0.6) is 5.75 Å². The van der Waals surface area contributed by atoms with Gasteiger partial charge in [0, 0.05) is 18.3 Å². The molecule has 328 valence electrons. The van der Waals surface area contributed by atoms with E-state index in [-0.39, 0.29) is 16.2 Å². The van der Waals surface area contributed by atoms with Crippen LogP contribution in [-0.4, -0.2) is 11.2 Å². The molecule has 6 heteroatoms. The Hall–Kier alpha value is -6.36. The van der Waals surface area contributed by atoms with E-state index in [4.69, 9.17) is 10.3 Å². The van der Waals surface area contributed by atoms with E-state index in [2.05, 4.69) is 234 Å². The van der Waals surface area contributed by atoms with E-state index in [0.717, 1.165) is 42.0 Å². The third-order valence-corrected chi connectivity index (χ3v) is 12.8. The first-order chi connectivity index (χ1) is 30.5. The Kier molecular flexibility index (Phi) is 13.4. The molecule has 0 aliphatic carbocycles. The van der Waals surface area contributed by atoms with Crippen molar-refractivity contribution < 1.29 is 9.30 Å². The Labute approximate surface area is 382 Å². The molecule has 0 unspecified atom stereocenters. The Morgan fingerprint density at radius 2 is 0.922 bits per heavy atom. The summed E-state index contributed by atoms with van der Waals surface area (Å²) in [6.07, 6.45) is 5.23. The highest BCUT2D eigenvalue weighted by Gasteiger charge is 2.39. The number of benzene rings is 6. The van der Waals surface area contributed by atoms with Gasteiger partial charge in [0.05, 0.1) is 25.1 Å². The third kappa shape index (κ3) is 10.2. The van der Waals surface area contributed by atoms with Crippen LogP contribution in [0.3, 0.4) is 0 Å². The topological polar surface area (TPSA) is 66.8 Å². The van der Waals surface area contributed by atoms with Crippen molar-refractivity contribution in [2.75, 3.05) is 6.61 Å². The Morgan fingerprint density at radius 3 is 1.33 bits per heavy atom. The minimum absolute atomic E-state index is 0.0461. The van der Waals surface area contributed by atoms with Crippen LogP contribution in [0.1, 0.15) is 125 Å². The maximum atomic E-state index is 8.61. The smallest absolute Gasteiger partial charge is 0.253 e. The van der Waals surface area contributed by atoms with E-state index in [9.17, 15) is 0 Å². The molecule has 6 nitrogen and oxygen atoms in total. The quantitative estimate of drug-likeness (QED) is 0.0268. The van der Waals surface area contributed by atoms with Gasteiger partial charge >= 0.3 is 0 Å². The minimum Gasteiger partial charge on any atom is -0.493 e. The average Bonchev–Trinajstić information content (AvgIpc) is 3.62. The lowest BCUT2D eigenvalue weighted by molar-refractivity contribution is -0.694. The SMILES string of the molecule is Cc1n(CCCOc2ccc(C(c3ccc(C(C)(C)C)cc3)(c3ccc(C(C)(C)C)cc3)c3ccc(C(C)(C)C)cc3)cc2)cc[n+]1Cc1ccc(-c2ccc(CN=[N+]=[N-])cc2)cc1. The highest BCUT2D eigenvalue weighted by atomic mass is 16.5. The number of imidazole rings is 1. The van der Waals surface area contributed by atoms with Crippen molar-refractivity contribution >= 4 is 0 Å². The summed E-state index contributed by atoms with van der Waals surface area (Å²) in [5.41, 5.74) is 21.6. The number of azide groups is 1. The third-order valence-electron chi connectivity index (χ3n) is 12.8. The van der Waals surface area contributed by atoms with Crippen LogP contribution in [0, 0.1) is 6.92 Å². The molecule has 1 aromatic heterocycles. The van der Waals surface area contributed by atoms with Crippen LogP contribution < -0.4 is 9.30 Å². The summed E-state index contributed by atoms with van der Waals surface area (Å²) in [6, 6.07) is 53.8. The van der Waals surface area contributed by atoms with Gasteiger partial charge in [-0.1, -0.05) is 201 Å². The molecule has 0 atom stereocenters. The molecule has 0 saturated heterocycles. The number of hydrogen-bond acceptors (Lipinski definition) is 2. The molecule has 0 bridgehead atoms. The lowest BCUT2D eigenvalue weighted by Gasteiger charge is -2.38. The molecule has 0 N–H and O–H groups in total. The summed E-state index contributed by atoms with van der Waals surface area (Å²) in [6.45, 7) is 25.4. The Bertz CT molecular complexity index is 2520. The number of aromatic nitrogens is 2. The van der Waals surface area contributed by atoms with Crippen molar-refractivity contribution in [3.8, 4) is 16.9 Å². The lowest BCUT2D eigenvalue weighted by atomic mass is 9.64. The van der Waals surface area contributed by atoms with Crippen molar-refractivity contribution in [2.24, 2.45) is 5.11 Å². The second-order valence-electron chi connectivity index (χ2n) is 20.4. The average molecular weight is 849 g/mol. The molecular formula is C58H66N5O+. The maximum absolute atomic E-state index is 8.61. The molecule has 6 aromatic carbocycles. The zero-order valence-corrected chi connectivity index (χ0v) is 39.7. The second kappa shape index (κ2) is 18.8. The lowest BCUT2D eigenvalue weighted by Crippen LogP contribution is -2.36. The van der Waals surface area contributed by atoms with Crippen molar-refractivity contribution in [3.63, 3.8) is 0 Å². The van der Waals surface area contributed by atoms with Gasteiger partial charge in [-0.3, -0.25) is 0 Å². The van der Waals surface area contributed by atoms with Crippen LogP contribution >= 0.6 is 0 Å². The van der Waals surface area contributed by atoms with Crippen molar-refractivity contribution in [1.29, 1.82) is 0 Å². The van der Waals surface area contributed by atoms with E-state index in [1.807, 2.05) is 12.1 Å². The summed E-state index contributed by atoms with van der Waals surface area (Å²) in [4.78, 5) is 2.86. The molecule has 1 heterocycles. The van der Waals surface area contributed by atoms with Crippen LogP contribution in [-0.2, 0) is 41.3 Å². The van der Waals surface area contributed by atoms with E-state index in [1.54, 1.807) is 0 Å². The zero-order valence-electron chi connectivity index (χ0n) is 39.7. The fourth-order valence-electron chi connectivity index (χ4n) is 8.75. The van der Waals surface area contributed by atoms with E-state index >= 15 is 0 Å². The molecule has 64 heavy (non-hydrogen) atoms. The van der Waals surface area contributed by atoms with Crippen LogP contribution in [0.15, 0.2) is 163 Å². The molecule has 0 spiro atoms. The molecular weight excluding hydrogens is 783 g/mol. The predicted octanol–water partition coefficient (Wildman–Crippen LogP) is 14.4. The van der Waals surface area contributed by atoms with Gasteiger partial charge < -0.3 is 4.74 Å². The van der Waals surface area contributed by atoms with Gasteiger partial charge in [-0.25, -0.2) is 9.13 Å². The molecule has 7 rings (SSSR count). The van der Waals surface area contributed by atoms with Gasteiger partial charge in [0.25, 0.3) is 5.82 Å². The van der Waals surface area contributed by atoms with E-state index in [0.29, 0.717) is 13.2 Å². The summed E-state index contributed by atoms with van der Waals surface area (Å²) in [7, 11) is 0. The number of aryl methyl sites for hydroxylation is 1. The van der Waals surface area contributed by atoms with Crippen LogP contribution in [0.2, 0.25) is 0 Å². The summed E-state index contributed by atoms with van der Waals surface area (Å²) >= 11 is 0. The predicted molar refractivity (Wildman–Crippen MR) is 264 cm³/mol. The van der Waals surface area contributed by atoms with Crippen molar-refractivity contribution in [1.82, 2.24) is 4.57 Å². The minimum atomic E-state index is -0.562. The van der Waals surface area contributed by atoms with Gasteiger partial charge in [-0.15, -0.1) is 0 Å². The molecule has 0 saturated carbocycles. The number of hydrogen-bond donors (Lipinski definition) is 0. The van der Waals surface area contributed by atoms with Gasteiger partial charge in [-0.2, -0.15) is 0 Å². The van der Waals surface area contributed by atoms with E-state index in [1.165, 1.54) is 50.3 Å². The van der Waals surface area contributed by atoms with Crippen molar-refractivity contribution in [2.45, 2.75) is 117 Å². The standard InChI is InChI=1S/C58H66N5O/c1-42-62(37-38-63(42)41-44-14-18-46(19-15-44)45-16-12-43(13-17-45)40-60-61-59)36-11-39-64-54-34-32-53(33-35-54)58(50-26-20-47(21-27-50)55(2,3)4,51-28-22-48(23-29-51)56(5,6)7)52-30-24-49(25-31-52)57(8,9)10/h12-35,37-38H,11,36,39-41H2,1-10H3/q+1. The molecule has 7 aromatic rings.